The van der Waals surface area contributed by atoms with Gasteiger partial charge in [-0.2, -0.15) is 17.9 Å². The number of thioether (sulfide) groups is 1. The van der Waals surface area contributed by atoms with E-state index >= 15 is 0 Å². The molecular formula is C19H18F3N5OS. The van der Waals surface area contributed by atoms with Gasteiger partial charge in [0.05, 0.1) is 22.2 Å². The Labute approximate surface area is 169 Å². The number of alkyl halides is 3. The van der Waals surface area contributed by atoms with Gasteiger partial charge in [0, 0.05) is 0 Å². The monoisotopic (exact) mass is 421 g/mol. The van der Waals surface area contributed by atoms with E-state index < -0.39 is 22.9 Å². The molecule has 1 aromatic heterocycles. The molecule has 0 saturated heterocycles. The van der Waals surface area contributed by atoms with Gasteiger partial charge in [-0.25, -0.2) is 0 Å². The lowest BCUT2D eigenvalue weighted by Crippen LogP contribution is -2.24. The molecule has 0 bridgehead atoms. The van der Waals surface area contributed by atoms with Crippen LogP contribution in [0.4, 0.5) is 18.9 Å². The molecule has 1 amide bonds. The van der Waals surface area contributed by atoms with Crippen LogP contribution in [-0.4, -0.2) is 31.4 Å². The molecule has 3 rings (SSSR count). The molecule has 10 heteroatoms. The Bertz CT molecular complexity index is 1030. The van der Waals surface area contributed by atoms with E-state index in [2.05, 4.69) is 20.8 Å². The molecule has 6 nitrogen and oxygen atoms in total. The molecule has 0 aliphatic rings. The van der Waals surface area contributed by atoms with Crippen molar-refractivity contribution in [3.63, 3.8) is 0 Å². The summed E-state index contributed by atoms with van der Waals surface area (Å²) >= 11 is 1.06. The number of aromatic nitrogens is 4. The standard InChI is InChI=1S/C19H18F3N5OS/c1-11-8-9-14(10-12(11)2)27-18(24-25-26-27)29-13(3)17(28)23-16-7-5-4-6-15(16)19(20,21)22/h4-10,13H,1-3H3,(H,23,28). The normalized spacial score (nSPS) is 12.6. The van der Waals surface area contributed by atoms with Gasteiger partial charge in [-0.3, -0.25) is 4.79 Å². The summed E-state index contributed by atoms with van der Waals surface area (Å²) in [6.45, 7) is 5.53. The van der Waals surface area contributed by atoms with Gasteiger partial charge in [-0.15, -0.1) is 5.10 Å². The largest absolute Gasteiger partial charge is 0.418 e. The third-order valence-electron chi connectivity index (χ3n) is 4.32. The number of nitrogens with one attached hydrogen (secondary N) is 1. The van der Waals surface area contributed by atoms with Crippen LogP contribution in [0, 0.1) is 13.8 Å². The molecule has 0 spiro atoms. The molecule has 0 saturated carbocycles. The fourth-order valence-electron chi connectivity index (χ4n) is 2.56. The van der Waals surface area contributed by atoms with Crippen LogP contribution < -0.4 is 5.32 Å². The van der Waals surface area contributed by atoms with E-state index in [-0.39, 0.29) is 5.69 Å². The highest BCUT2D eigenvalue weighted by molar-refractivity contribution is 8.00. The second-order valence-corrected chi connectivity index (χ2v) is 7.74. The van der Waals surface area contributed by atoms with Crippen molar-refractivity contribution in [2.45, 2.75) is 37.4 Å². The molecule has 3 aromatic rings. The molecule has 1 heterocycles. The summed E-state index contributed by atoms with van der Waals surface area (Å²) < 4.78 is 40.9. The number of hydrogen-bond donors (Lipinski definition) is 1. The fraction of sp³-hybridized carbons (Fsp3) is 0.263. The van der Waals surface area contributed by atoms with E-state index in [1.54, 1.807) is 6.92 Å². The molecule has 1 atom stereocenters. The Kier molecular flexibility index (Phi) is 5.92. The lowest BCUT2D eigenvalue weighted by Gasteiger charge is -2.16. The molecule has 2 aromatic carbocycles. The van der Waals surface area contributed by atoms with E-state index in [0.29, 0.717) is 5.16 Å². The molecule has 152 valence electrons. The lowest BCUT2D eigenvalue weighted by molar-refractivity contribution is -0.137. The summed E-state index contributed by atoms with van der Waals surface area (Å²) in [6, 6.07) is 10.6. The Morgan fingerprint density at radius 3 is 2.55 bits per heavy atom. The predicted molar refractivity (Wildman–Crippen MR) is 104 cm³/mol. The average Bonchev–Trinajstić information content (AvgIpc) is 3.11. The minimum atomic E-state index is -4.56. The number of aryl methyl sites for hydroxylation is 2. The van der Waals surface area contributed by atoms with Crippen molar-refractivity contribution in [3.05, 3.63) is 59.2 Å². The smallest absolute Gasteiger partial charge is 0.325 e. The predicted octanol–water partition coefficient (Wildman–Crippen LogP) is 4.42. The first kappa shape index (κ1) is 20.8. The molecular weight excluding hydrogens is 403 g/mol. The second-order valence-electron chi connectivity index (χ2n) is 6.43. The van der Waals surface area contributed by atoms with Crippen LogP contribution in [0.25, 0.3) is 5.69 Å². The number of tetrazole rings is 1. The SMILES string of the molecule is Cc1ccc(-n2nnnc2SC(C)C(=O)Nc2ccccc2C(F)(F)F)cc1C. The average molecular weight is 421 g/mol. The topological polar surface area (TPSA) is 72.7 Å². The summed E-state index contributed by atoms with van der Waals surface area (Å²) in [4.78, 5) is 12.5. The molecule has 0 aliphatic carbocycles. The number of amides is 1. The van der Waals surface area contributed by atoms with Crippen LogP contribution in [0.2, 0.25) is 0 Å². The fourth-order valence-corrected chi connectivity index (χ4v) is 3.36. The number of benzene rings is 2. The summed E-state index contributed by atoms with van der Waals surface area (Å²) in [6.07, 6.45) is -4.56. The van der Waals surface area contributed by atoms with E-state index in [0.717, 1.165) is 34.6 Å². The zero-order valence-electron chi connectivity index (χ0n) is 15.9. The summed E-state index contributed by atoms with van der Waals surface area (Å²) in [7, 11) is 0. The van der Waals surface area contributed by atoms with Crippen molar-refractivity contribution >= 4 is 23.4 Å². The second kappa shape index (κ2) is 8.24. The summed E-state index contributed by atoms with van der Waals surface area (Å²) in [5, 5.41) is 13.5. The number of hydrogen-bond acceptors (Lipinski definition) is 5. The minimum absolute atomic E-state index is 0.286. The van der Waals surface area contributed by atoms with Crippen molar-refractivity contribution in [1.82, 2.24) is 20.2 Å². The maximum absolute atomic E-state index is 13.1. The molecule has 29 heavy (non-hydrogen) atoms. The number of rotatable bonds is 5. The minimum Gasteiger partial charge on any atom is -0.325 e. The highest BCUT2D eigenvalue weighted by Gasteiger charge is 2.34. The maximum atomic E-state index is 13.1. The quantitative estimate of drug-likeness (QED) is 0.618. The van der Waals surface area contributed by atoms with Gasteiger partial charge in [0.15, 0.2) is 0 Å². The van der Waals surface area contributed by atoms with Crippen molar-refractivity contribution < 1.29 is 18.0 Å². The number of halogens is 3. The van der Waals surface area contributed by atoms with Crippen LogP contribution in [0.1, 0.15) is 23.6 Å². The zero-order valence-corrected chi connectivity index (χ0v) is 16.7. The van der Waals surface area contributed by atoms with Gasteiger partial charge in [-0.1, -0.05) is 30.0 Å². The van der Waals surface area contributed by atoms with Gasteiger partial charge < -0.3 is 5.32 Å². The van der Waals surface area contributed by atoms with Crippen molar-refractivity contribution in [2.75, 3.05) is 5.32 Å². The number of nitrogens with zero attached hydrogens (tertiary/aromatic N) is 4. The first-order chi connectivity index (χ1) is 13.7. The van der Waals surface area contributed by atoms with Gasteiger partial charge in [0.1, 0.15) is 0 Å². The Hall–Kier alpha value is -2.88. The van der Waals surface area contributed by atoms with Crippen LogP contribution in [0.15, 0.2) is 47.6 Å². The van der Waals surface area contributed by atoms with Gasteiger partial charge in [0.25, 0.3) is 0 Å². The zero-order chi connectivity index (χ0) is 21.2. The lowest BCUT2D eigenvalue weighted by atomic mass is 10.1. The van der Waals surface area contributed by atoms with Crippen molar-refractivity contribution in [2.24, 2.45) is 0 Å². The van der Waals surface area contributed by atoms with Gasteiger partial charge in [-0.05, 0) is 66.6 Å². The number of carbonyl (C=O) groups excluding carboxylic acids is 1. The third kappa shape index (κ3) is 4.76. The first-order valence-corrected chi connectivity index (χ1v) is 9.54. The van der Waals surface area contributed by atoms with Gasteiger partial charge in [0.2, 0.25) is 11.1 Å². The molecule has 1 N–H and O–H groups in total. The highest BCUT2D eigenvalue weighted by atomic mass is 32.2. The van der Waals surface area contributed by atoms with Crippen LogP contribution >= 0.6 is 11.8 Å². The van der Waals surface area contributed by atoms with Crippen LogP contribution in [0.3, 0.4) is 0 Å². The Balaban J connectivity index is 1.77. The summed E-state index contributed by atoms with van der Waals surface area (Å²) in [5.74, 6) is -0.582. The Morgan fingerprint density at radius 2 is 1.86 bits per heavy atom. The Morgan fingerprint density at radius 1 is 1.14 bits per heavy atom. The summed E-state index contributed by atoms with van der Waals surface area (Å²) in [5.41, 5.74) is 1.72. The van der Waals surface area contributed by atoms with Crippen LogP contribution in [0.5, 0.6) is 0 Å². The maximum Gasteiger partial charge on any atom is 0.418 e. The highest BCUT2D eigenvalue weighted by Crippen LogP contribution is 2.35. The molecule has 0 aliphatic heterocycles. The molecule has 0 fully saturated rings. The van der Waals surface area contributed by atoms with Crippen LogP contribution in [-0.2, 0) is 11.0 Å². The van der Waals surface area contributed by atoms with E-state index in [1.807, 2.05) is 32.0 Å². The number of anilines is 1. The van der Waals surface area contributed by atoms with E-state index in [9.17, 15) is 18.0 Å². The number of carbonyl (C=O) groups is 1. The van der Waals surface area contributed by atoms with Crippen molar-refractivity contribution in [1.29, 1.82) is 0 Å². The van der Waals surface area contributed by atoms with Crippen molar-refractivity contribution in [3.8, 4) is 5.69 Å². The third-order valence-corrected chi connectivity index (χ3v) is 5.35. The molecule has 0 radical (unpaired) electrons. The number of para-hydroxylation sites is 1. The first-order valence-electron chi connectivity index (χ1n) is 8.66. The van der Waals surface area contributed by atoms with Gasteiger partial charge >= 0.3 is 6.18 Å². The van der Waals surface area contributed by atoms with E-state index in [1.165, 1.54) is 22.9 Å². The van der Waals surface area contributed by atoms with E-state index in [4.69, 9.17) is 0 Å². The molecule has 1 unspecified atom stereocenters.